The largest absolute Gasteiger partial charge is 0.466 e. The summed E-state index contributed by atoms with van der Waals surface area (Å²) in [6, 6.07) is 0. The molecule has 0 aliphatic rings. The van der Waals surface area contributed by atoms with E-state index in [1.54, 1.807) is 0 Å². The molecule has 72 valence electrons. The summed E-state index contributed by atoms with van der Waals surface area (Å²) in [5.41, 5.74) is -0.140. The fourth-order valence-electron chi connectivity index (χ4n) is 0.909. The van der Waals surface area contributed by atoms with Crippen LogP contribution in [-0.2, 0) is 0 Å². The highest BCUT2D eigenvalue weighted by molar-refractivity contribution is 6.41. The number of hydrogen-bond donors (Lipinski definition) is 3. The molecule has 0 aromatic rings. The second kappa shape index (κ2) is 7.86. The van der Waals surface area contributed by atoms with E-state index in [0.717, 1.165) is 12.8 Å². The van der Waals surface area contributed by atoms with Gasteiger partial charge in [0.1, 0.15) is 0 Å². The van der Waals surface area contributed by atoms with Crippen molar-refractivity contribution < 1.29 is 10.0 Å². The molecule has 0 aromatic heterocycles. The first kappa shape index (κ1) is 12.2. The van der Waals surface area contributed by atoms with E-state index in [-0.39, 0.29) is 11.9 Å². The van der Waals surface area contributed by atoms with Crippen molar-refractivity contribution in [2.45, 2.75) is 38.1 Å². The zero-order valence-electron chi connectivity index (χ0n) is 7.46. The number of unbranched alkanes of at least 4 members (excludes halogenated alkanes) is 2. The molecule has 5 heteroatoms. The van der Waals surface area contributed by atoms with Crippen LogP contribution in [0.25, 0.3) is 0 Å². The molecule has 12 heavy (non-hydrogen) atoms. The summed E-state index contributed by atoms with van der Waals surface area (Å²) in [6.45, 7) is 2.13. The Balaban J connectivity index is 3.15. The van der Waals surface area contributed by atoms with E-state index in [4.69, 9.17) is 21.6 Å². The molecule has 0 aliphatic heterocycles. The lowest BCUT2D eigenvalue weighted by Crippen LogP contribution is -2.35. The van der Waals surface area contributed by atoms with Crippen LogP contribution in [0.4, 0.5) is 0 Å². The van der Waals surface area contributed by atoms with Gasteiger partial charge >= 0.3 is 7.12 Å². The third-order valence-corrected chi connectivity index (χ3v) is 1.96. The zero-order chi connectivity index (χ0) is 9.40. The van der Waals surface area contributed by atoms with Crippen LogP contribution >= 0.6 is 11.6 Å². The molecule has 3 N–H and O–H groups in total. The van der Waals surface area contributed by atoms with Gasteiger partial charge in [0.2, 0.25) is 0 Å². The topological polar surface area (TPSA) is 52.5 Å². The number of halogens is 1. The lowest BCUT2D eigenvalue weighted by atomic mass is 9.92. The Bertz CT molecular complexity index is 105. The van der Waals surface area contributed by atoms with Crippen molar-refractivity contribution in [2.24, 2.45) is 0 Å². The van der Waals surface area contributed by atoms with Gasteiger partial charge in [-0.2, -0.15) is 0 Å². The van der Waals surface area contributed by atoms with Gasteiger partial charge in [0.05, 0.1) is 5.50 Å². The highest BCUT2D eigenvalue weighted by atomic mass is 35.5. The summed E-state index contributed by atoms with van der Waals surface area (Å²) < 4.78 is 0. The summed E-state index contributed by atoms with van der Waals surface area (Å²) in [7, 11) is -1.31. The van der Waals surface area contributed by atoms with Gasteiger partial charge in [0.15, 0.2) is 0 Å². The van der Waals surface area contributed by atoms with Crippen molar-refractivity contribution in [2.75, 3.05) is 6.44 Å². The average Bonchev–Trinajstić information content (AvgIpc) is 2.01. The lowest BCUT2D eigenvalue weighted by molar-refractivity contribution is 0.396. The quantitative estimate of drug-likeness (QED) is 0.242. The first-order valence-electron chi connectivity index (χ1n) is 4.40. The summed E-state index contributed by atoms with van der Waals surface area (Å²) in [6.07, 6.45) is 4.44. The minimum atomic E-state index is -1.31. The Morgan fingerprint density at radius 2 is 2.08 bits per heavy atom. The molecule has 0 rings (SSSR count). The van der Waals surface area contributed by atoms with Crippen molar-refractivity contribution in [3.05, 3.63) is 0 Å². The van der Waals surface area contributed by atoms with Crippen LogP contribution in [0.15, 0.2) is 0 Å². The van der Waals surface area contributed by atoms with E-state index >= 15 is 0 Å². The Morgan fingerprint density at radius 1 is 1.42 bits per heavy atom. The Hall–Kier alpha value is 0.235. The van der Waals surface area contributed by atoms with Gasteiger partial charge in [0, 0.05) is 6.44 Å². The maximum absolute atomic E-state index is 8.51. The predicted octanol–water partition coefficient (Wildman–Crippen LogP) is 0.733. The van der Waals surface area contributed by atoms with Crippen molar-refractivity contribution in [3.63, 3.8) is 0 Å². The standard InChI is InChI=1S/C7H17BClNO2/c1-2-3-4-5-7(9)10-6-8(11)12/h7,10-12H,2-6H2,1H3. The van der Waals surface area contributed by atoms with E-state index in [1.807, 2.05) is 0 Å². The van der Waals surface area contributed by atoms with E-state index in [2.05, 4.69) is 12.2 Å². The summed E-state index contributed by atoms with van der Waals surface area (Å²) >= 11 is 5.83. The van der Waals surface area contributed by atoms with E-state index in [0.29, 0.717) is 0 Å². The fraction of sp³-hybridized carbons (Fsp3) is 1.00. The van der Waals surface area contributed by atoms with Crippen molar-refractivity contribution in [1.82, 2.24) is 5.32 Å². The second-order valence-corrected chi connectivity index (χ2v) is 3.38. The van der Waals surface area contributed by atoms with E-state index in [9.17, 15) is 0 Å². The molecule has 0 saturated carbocycles. The molecule has 1 unspecified atom stereocenters. The van der Waals surface area contributed by atoms with Crippen LogP contribution in [0.5, 0.6) is 0 Å². The van der Waals surface area contributed by atoms with Crippen LogP contribution in [-0.4, -0.2) is 29.1 Å². The number of rotatable bonds is 7. The maximum Gasteiger partial charge on any atom is 0.466 e. The smallest absolute Gasteiger partial charge is 0.426 e. The summed E-state index contributed by atoms with van der Waals surface area (Å²) in [5.74, 6) is 0. The van der Waals surface area contributed by atoms with Gasteiger partial charge in [-0.15, -0.1) is 11.6 Å². The third kappa shape index (κ3) is 8.33. The third-order valence-electron chi connectivity index (χ3n) is 1.58. The number of alkyl halides is 1. The predicted molar refractivity (Wildman–Crippen MR) is 52.0 cm³/mol. The molecule has 0 aromatic carbocycles. The van der Waals surface area contributed by atoms with Gasteiger partial charge in [-0.3, -0.25) is 0 Å². The van der Waals surface area contributed by atoms with Gasteiger partial charge in [0.25, 0.3) is 0 Å². The Labute approximate surface area is 79.3 Å². The van der Waals surface area contributed by atoms with Gasteiger partial charge in [-0.25, -0.2) is 0 Å². The van der Waals surface area contributed by atoms with Crippen LogP contribution in [0, 0.1) is 0 Å². The molecular weight excluding hydrogens is 176 g/mol. The molecule has 0 spiro atoms. The SMILES string of the molecule is CCCCCC(Cl)NCB(O)O. The van der Waals surface area contributed by atoms with Gasteiger partial charge in [-0.1, -0.05) is 26.2 Å². The first-order chi connectivity index (χ1) is 5.66. The average molecular weight is 193 g/mol. The molecule has 0 amide bonds. The number of hydrogen-bond acceptors (Lipinski definition) is 3. The fourth-order valence-corrected chi connectivity index (χ4v) is 1.15. The molecule has 0 fully saturated rings. The van der Waals surface area contributed by atoms with Crippen LogP contribution < -0.4 is 5.32 Å². The van der Waals surface area contributed by atoms with Crippen molar-refractivity contribution in [3.8, 4) is 0 Å². The molecular formula is C7H17BClNO2. The molecule has 0 aliphatic carbocycles. The molecule has 0 radical (unpaired) electrons. The molecule has 0 heterocycles. The molecule has 0 bridgehead atoms. The van der Waals surface area contributed by atoms with E-state index in [1.165, 1.54) is 12.8 Å². The monoisotopic (exact) mass is 193 g/mol. The van der Waals surface area contributed by atoms with Gasteiger partial charge < -0.3 is 15.4 Å². The highest BCUT2D eigenvalue weighted by Crippen LogP contribution is 2.05. The molecule has 1 atom stereocenters. The second-order valence-electron chi connectivity index (χ2n) is 2.85. The lowest BCUT2D eigenvalue weighted by Gasteiger charge is -2.10. The highest BCUT2D eigenvalue weighted by Gasteiger charge is 2.09. The zero-order valence-corrected chi connectivity index (χ0v) is 8.22. The number of nitrogens with one attached hydrogen (secondary N) is 1. The van der Waals surface area contributed by atoms with Crippen LogP contribution in [0.2, 0.25) is 0 Å². The summed E-state index contributed by atoms with van der Waals surface area (Å²) in [4.78, 5) is 0. The van der Waals surface area contributed by atoms with E-state index < -0.39 is 7.12 Å². The van der Waals surface area contributed by atoms with Gasteiger partial charge in [-0.05, 0) is 6.42 Å². The normalized spacial score (nSPS) is 13.0. The molecule has 0 saturated heterocycles. The van der Waals surface area contributed by atoms with Crippen molar-refractivity contribution >= 4 is 18.7 Å². The minimum Gasteiger partial charge on any atom is -0.426 e. The first-order valence-corrected chi connectivity index (χ1v) is 4.84. The Kier molecular flexibility index (Phi) is 8.02. The Morgan fingerprint density at radius 3 is 2.58 bits per heavy atom. The van der Waals surface area contributed by atoms with Crippen molar-refractivity contribution in [1.29, 1.82) is 0 Å². The molecule has 3 nitrogen and oxygen atoms in total. The maximum atomic E-state index is 8.51. The van der Waals surface area contributed by atoms with Crippen LogP contribution in [0.1, 0.15) is 32.6 Å². The summed E-state index contributed by atoms with van der Waals surface area (Å²) in [5, 5.41) is 19.8. The van der Waals surface area contributed by atoms with Crippen LogP contribution in [0.3, 0.4) is 0 Å². The minimum absolute atomic E-state index is 0.139.